The van der Waals surface area contributed by atoms with E-state index < -0.39 is 27.1 Å². The van der Waals surface area contributed by atoms with Gasteiger partial charge in [0.15, 0.2) is 6.29 Å². The predicted octanol–water partition coefficient (Wildman–Crippen LogP) is -0.378. The molecule has 0 amide bonds. The van der Waals surface area contributed by atoms with Crippen LogP contribution in [0.15, 0.2) is 23.1 Å². The number of aliphatic hydroxyl groups excluding tert-OH is 1. The van der Waals surface area contributed by atoms with Gasteiger partial charge in [0.1, 0.15) is 5.75 Å². The second-order valence-electron chi connectivity index (χ2n) is 2.57. The van der Waals surface area contributed by atoms with Crippen molar-refractivity contribution in [2.45, 2.75) is 11.2 Å². The summed E-state index contributed by atoms with van der Waals surface area (Å²) in [4.78, 5) is -0.515. The molecular weight excluding hydrogens is 212 g/mol. The second kappa shape index (κ2) is 3.54. The third-order valence-electron chi connectivity index (χ3n) is 1.58. The molecule has 0 saturated carbocycles. The highest BCUT2D eigenvalue weighted by Gasteiger charge is 2.15. The van der Waals surface area contributed by atoms with Crippen molar-refractivity contribution in [3.8, 4) is 5.75 Å². The van der Waals surface area contributed by atoms with Crippen LogP contribution in [0.3, 0.4) is 0 Å². The molecule has 78 valence electrons. The summed E-state index contributed by atoms with van der Waals surface area (Å²) in [5.74, 6) is -0.465. The topological polar surface area (TPSA) is 115 Å². The Morgan fingerprint density at radius 1 is 1.21 bits per heavy atom. The minimum atomic E-state index is -4.41. The van der Waals surface area contributed by atoms with Gasteiger partial charge in [-0.15, -0.1) is 0 Å². The fourth-order valence-corrected chi connectivity index (χ4v) is 1.42. The summed E-state index contributed by atoms with van der Waals surface area (Å²) in [6.07, 6.45) is -2.00. The average molecular weight is 220 g/mol. The van der Waals surface area contributed by atoms with Crippen LogP contribution in [-0.4, -0.2) is 28.3 Å². The highest BCUT2D eigenvalue weighted by atomic mass is 32.2. The van der Waals surface area contributed by atoms with E-state index in [1.807, 2.05) is 0 Å². The highest BCUT2D eigenvalue weighted by Crippen LogP contribution is 2.25. The van der Waals surface area contributed by atoms with E-state index in [9.17, 15) is 8.42 Å². The molecule has 1 aromatic carbocycles. The fourth-order valence-electron chi connectivity index (χ4n) is 0.900. The summed E-state index contributed by atoms with van der Waals surface area (Å²) in [5, 5.41) is 26.5. The summed E-state index contributed by atoms with van der Waals surface area (Å²) < 4.78 is 29.9. The molecule has 0 aromatic heterocycles. The number of benzene rings is 1. The monoisotopic (exact) mass is 220 g/mol. The van der Waals surface area contributed by atoms with E-state index in [-0.39, 0.29) is 5.56 Å². The standard InChI is InChI=1S/C7H8O6S/c8-6-2-1-4(14(11,12)13)3-5(6)7(9)10/h1-3,7-10H,(H,11,12,13). The Hall–Kier alpha value is -1.15. The van der Waals surface area contributed by atoms with E-state index in [4.69, 9.17) is 19.9 Å². The molecule has 0 bridgehead atoms. The molecule has 0 unspecified atom stereocenters. The Labute approximate surface area is 79.8 Å². The van der Waals surface area contributed by atoms with Crippen molar-refractivity contribution in [3.05, 3.63) is 23.8 Å². The first-order valence-electron chi connectivity index (χ1n) is 3.49. The van der Waals surface area contributed by atoms with Crippen molar-refractivity contribution < 1.29 is 28.3 Å². The molecule has 0 aliphatic carbocycles. The molecule has 0 saturated heterocycles. The van der Waals surface area contributed by atoms with E-state index in [2.05, 4.69) is 0 Å². The van der Waals surface area contributed by atoms with Gasteiger partial charge in [-0.3, -0.25) is 4.55 Å². The van der Waals surface area contributed by atoms with Gasteiger partial charge in [0, 0.05) is 0 Å². The van der Waals surface area contributed by atoms with Gasteiger partial charge in [0.2, 0.25) is 0 Å². The minimum absolute atomic E-state index is 0.389. The van der Waals surface area contributed by atoms with Crippen molar-refractivity contribution >= 4 is 10.1 Å². The Bertz CT molecular complexity index is 435. The van der Waals surface area contributed by atoms with Crippen LogP contribution in [0.2, 0.25) is 0 Å². The molecule has 4 N–H and O–H groups in total. The maximum absolute atomic E-state index is 10.6. The third-order valence-corrected chi connectivity index (χ3v) is 2.42. The maximum Gasteiger partial charge on any atom is 0.294 e. The quantitative estimate of drug-likeness (QED) is 0.399. The lowest BCUT2D eigenvalue weighted by atomic mass is 10.2. The summed E-state index contributed by atoms with van der Waals surface area (Å²) in [5.41, 5.74) is -0.389. The summed E-state index contributed by atoms with van der Waals surface area (Å²) in [6, 6.07) is 2.66. The number of rotatable bonds is 2. The molecule has 0 radical (unpaired) electrons. The SMILES string of the molecule is O=S(=O)(O)c1ccc(O)c(C(O)O)c1. The Morgan fingerprint density at radius 2 is 1.79 bits per heavy atom. The lowest BCUT2D eigenvalue weighted by Gasteiger charge is -2.07. The number of aromatic hydroxyl groups is 1. The molecule has 0 spiro atoms. The zero-order chi connectivity index (χ0) is 10.9. The van der Waals surface area contributed by atoms with E-state index in [1.54, 1.807) is 0 Å². The van der Waals surface area contributed by atoms with Crippen LogP contribution in [0.4, 0.5) is 0 Å². The van der Waals surface area contributed by atoms with Crippen LogP contribution in [-0.2, 0) is 10.1 Å². The summed E-state index contributed by atoms with van der Waals surface area (Å²) in [6.45, 7) is 0. The van der Waals surface area contributed by atoms with Crippen molar-refractivity contribution in [1.82, 2.24) is 0 Å². The zero-order valence-electron chi connectivity index (χ0n) is 6.82. The summed E-state index contributed by atoms with van der Waals surface area (Å²) >= 11 is 0. The normalized spacial score (nSPS) is 12.0. The predicted molar refractivity (Wildman–Crippen MR) is 45.1 cm³/mol. The van der Waals surface area contributed by atoms with Crippen LogP contribution in [0, 0.1) is 0 Å². The van der Waals surface area contributed by atoms with Gasteiger partial charge in [0.05, 0.1) is 10.5 Å². The van der Waals surface area contributed by atoms with Gasteiger partial charge < -0.3 is 15.3 Å². The minimum Gasteiger partial charge on any atom is -0.507 e. The average Bonchev–Trinajstić information content (AvgIpc) is 2.02. The second-order valence-corrected chi connectivity index (χ2v) is 3.99. The van der Waals surface area contributed by atoms with Crippen LogP contribution in [0.5, 0.6) is 5.75 Å². The molecule has 14 heavy (non-hydrogen) atoms. The van der Waals surface area contributed by atoms with Crippen molar-refractivity contribution in [2.75, 3.05) is 0 Å². The summed E-state index contributed by atoms with van der Waals surface area (Å²) in [7, 11) is -4.41. The van der Waals surface area contributed by atoms with Crippen molar-refractivity contribution in [1.29, 1.82) is 0 Å². The fraction of sp³-hybridized carbons (Fsp3) is 0.143. The van der Waals surface area contributed by atoms with Crippen LogP contribution in [0.1, 0.15) is 11.9 Å². The number of aliphatic hydroxyl groups is 2. The van der Waals surface area contributed by atoms with Gasteiger partial charge in [-0.1, -0.05) is 0 Å². The Morgan fingerprint density at radius 3 is 2.21 bits per heavy atom. The number of hydrogen-bond acceptors (Lipinski definition) is 5. The van der Waals surface area contributed by atoms with E-state index in [0.717, 1.165) is 18.2 Å². The van der Waals surface area contributed by atoms with E-state index in [0.29, 0.717) is 0 Å². The van der Waals surface area contributed by atoms with Crippen LogP contribution in [0.25, 0.3) is 0 Å². The number of phenols is 1. The van der Waals surface area contributed by atoms with E-state index in [1.165, 1.54) is 0 Å². The van der Waals surface area contributed by atoms with Gasteiger partial charge in [-0.2, -0.15) is 8.42 Å². The molecule has 0 heterocycles. The largest absolute Gasteiger partial charge is 0.507 e. The van der Waals surface area contributed by atoms with Crippen molar-refractivity contribution in [2.24, 2.45) is 0 Å². The molecule has 0 aliphatic heterocycles. The molecule has 0 atom stereocenters. The number of hydrogen-bond donors (Lipinski definition) is 4. The van der Waals surface area contributed by atoms with Crippen LogP contribution < -0.4 is 0 Å². The lowest BCUT2D eigenvalue weighted by Crippen LogP contribution is -2.01. The zero-order valence-corrected chi connectivity index (χ0v) is 7.64. The molecule has 0 fully saturated rings. The molecule has 1 rings (SSSR count). The first-order chi connectivity index (χ1) is 6.32. The van der Waals surface area contributed by atoms with Gasteiger partial charge in [0.25, 0.3) is 10.1 Å². The maximum atomic E-state index is 10.6. The smallest absolute Gasteiger partial charge is 0.294 e. The molecule has 6 nitrogen and oxygen atoms in total. The van der Waals surface area contributed by atoms with Gasteiger partial charge in [-0.05, 0) is 18.2 Å². The first-order valence-corrected chi connectivity index (χ1v) is 4.93. The molecule has 0 aliphatic rings. The highest BCUT2D eigenvalue weighted by molar-refractivity contribution is 7.85. The molecular formula is C7H8O6S. The number of phenolic OH excluding ortho intramolecular Hbond substituents is 1. The third kappa shape index (κ3) is 2.20. The Balaban J connectivity index is 3.34. The first kappa shape index (κ1) is 10.9. The lowest BCUT2D eigenvalue weighted by molar-refractivity contribution is -0.0440. The molecule has 1 aromatic rings. The van der Waals surface area contributed by atoms with Crippen molar-refractivity contribution in [3.63, 3.8) is 0 Å². The van der Waals surface area contributed by atoms with Gasteiger partial charge >= 0.3 is 0 Å². The molecule has 7 heteroatoms. The van der Waals surface area contributed by atoms with E-state index >= 15 is 0 Å². The Kier molecular flexibility index (Phi) is 2.76. The van der Waals surface area contributed by atoms with Crippen LogP contribution >= 0.6 is 0 Å². The van der Waals surface area contributed by atoms with Gasteiger partial charge in [-0.25, -0.2) is 0 Å².